The fourth-order valence-electron chi connectivity index (χ4n) is 4.00. The summed E-state index contributed by atoms with van der Waals surface area (Å²) in [6.07, 6.45) is 7.76. The van der Waals surface area contributed by atoms with Gasteiger partial charge >= 0.3 is 0 Å². The first kappa shape index (κ1) is 13.8. The summed E-state index contributed by atoms with van der Waals surface area (Å²) in [5.41, 5.74) is 0. The number of nitrogens with zero attached hydrogens (tertiary/aromatic N) is 2. The van der Waals surface area contributed by atoms with E-state index in [1.165, 1.54) is 58.3 Å². The SMILES string of the molecule is OC1CNC(CN2CCC(N3CCCCC3)CC2)C1. The number of β-amino-alcohol motifs (C(OH)–C–C–N with tert-alkyl or cyclic N) is 1. The predicted molar refractivity (Wildman–Crippen MR) is 77.3 cm³/mol. The maximum Gasteiger partial charge on any atom is 0.0680 e. The third-order valence-electron chi connectivity index (χ3n) is 5.14. The molecule has 0 amide bonds. The normalized spacial score (nSPS) is 35.8. The Hall–Kier alpha value is -0.160. The summed E-state index contributed by atoms with van der Waals surface area (Å²) in [5.74, 6) is 0. The van der Waals surface area contributed by atoms with Gasteiger partial charge < -0.3 is 20.2 Å². The molecule has 0 aromatic rings. The van der Waals surface area contributed by atoms with Crippen molar-refractivity contribution in [1.82, 2.24) is 15.1 Å². The van der Waals surface area contributed by atoms with Crippen LogP contribution in [0.25, 0.3) is 0 Å². The van der Waals surface area contributed by atoms with Gasteiger partial charge in [0, 0.05) is 25.2 Å². The summed E-state index contributed by atoms with van der Waals surface area (Å²) in [6.45, 7) is 7.08. The molecule has 0 spiro atoms. The van der Waals surface area contributed by atoms with Crippen molar-refractivity contribution in [2.45, 2.75) is 56.7 Å². The summed E-state index contributed by atoms with van der Waals surface area (Å²) >= 11 is 0. The molecule has 2 N–H and O–H groups in total. The van der Waals surface area contributed by atoms with Crippen LogP contribution < -0.4 is 5.32 Å². The predicted octanol–water partition coefficient (Wildman–Crippen LogP) is 0.659. The van der Waals surface area contributed by atoms with Crippen LogP contribution in [0, 0.1) is 0 Å². The van der Waals surface area contributed by atoms with Crippen molar-refractivity contribution >= 4 is 0 Å². The Morgan fingerprint density at radius 1 is 1.00 bits per heavy atom. The molecule has 2 unspecified atom stereocenters. The van der Waals surface area contributed by atoms with E-state index in [0.717, 1.165) is 25.6 Å². The van der Waals surface area contributed by atoms with Gasteiger partial charge in [0.15, 0.2) is 0 Å². The minimum absolute atomic E-state index is 0.115. The molecule has 0 radical (unpaired) electrons. The Bertz CT molecular complexity index is 273. The van der Waals surface area contributed by atoms with Crippen molar-refractivity contribution in [2.24, 2.45) is 0 Å². The quantitative estimate of drug-likeness (QED) is 0.788. The molecule has 3 aliphatic rings. The zero-order valence-corrected chi connectivity index (χ0v) is 12.1. The number of hydrogen-bond donors (Lipinski definition) is 2. The van der Waals surface area contributed by atoms with Crippen LogP contribution in [0.15, 0.2) is 0 Å². The molecule has 0 aromatic carbocycles. The van der Waals surface area contributed by atoms with Crippen LogP contribution in [0.4, 0.5) is 0 Å². The van der Waals surface area contributed by atoms with Gasteiger partial charge in [-0.05, 0) is 58.3 Å². The lowest BCUT2D eigenvalue weighted by atomic mass is 9.99. The standard InChI is InChI=1S/C15H29N3O/c19-15-10-13(16-11-15)12-17-8-4-14(5-9-17)18-6-2-1-3-7-18/h13-16,19H,1-12H2. The first-order chi connectivity index (χ1) is 9.31. The van der Waals surface area contributed by atoms with E-state index in [2.05, 4.69) is 15.1 Å². The summed E-state index contributed by atoms with van der Waals surface area (Å²) in [5, 5.41) is 13.0. The molecule has 0 saturated carbocycles. The number of aliphatic hydroxyl groups excluding tert-OH is 1. The Kier molecular flexibility index (Phi) is 4.74. The van der Waals surface area contributed by atoms with Crippen molar-refractivity contribution in [1.29, 1.82) is 0 Å². The van der Waals surface area contributed by atoms with Crippen molar-refractivity contribution in [3.8, 4) is 0 Å². The fourth-order valence-corrected chi connectivity index (χ4v) is 4.00. The zero-order chi connectivity index (χ0) is 13.1. The van der Waals surface area contributed by atoms with Gasteiger partial charge in [0.25, 0.3) is 0 Å². The summed E-state index contributed by atoms with van der Waals surface area (Å²) in [4.78, 5) is 5.33. The van der Waals surface area contributed by atoms with Crippen LogP contribution in [-0.4, -0.2) is 72.4 Å². The van der Waals surface area contributed by atoms with Crippen molar-refractivity contribution in [3.05, 3.63) is 0 Å². The number of rotatable bonds is 3. The van der Waals surface area contributed by atoms with Crippen LogP contribution in [-0.2, 0) is 0 Å². The minimum atomic E-state index is -0.115. The Balaban J connectivity index is 1.39. The summed E-state index contributed by atoms with van der Waals surface area (Å²) in [6, 6.07) is 1.36. The van der Waals surface area contributed by atoms with E-state index in [1.54, 1.807) is 0 Å². The molecule has 3 aliphatic heterocycles. The molecule has 0 aromatic heterocycles. The lowest BCUT2D eigenvalue weighted by Crippen LogP contribution is -2.48. The maximum absolute atomic E-state index is 9.55. The van der Waals surface area contributed by atoms with Gasteiger partial charge in [0.05, 0.1) is 6.10 Å². The second-order valence-corrected chi connectivity index (χ2v) is 6.62. The Morgan fingerprint density at radius 3 is 2.37 bits per heavy atom. The van der Waals surface area contributed by atoms with E-state index < -0.39 is 0 Å². The average Bonchev–Trinajstić information content (AvgIpc) is 2.86. The van der Waals surface area contributed by atoms with E-state index >= 15 is 0 Å². The third-order valence-corrected chi connectivity index (χ3v) is 5.14. The molecular weight excluding hydrogens is 238 g/mol. The number of hydrogen-bond acceptors (Lipinski definition) is 4. The van der Waals surface area contributed by atoms with Crippen molar-refractivity contribution < 1.29 is 5.11 Å². The molecule has 2 atom stereocenters. The molecule has 3 heterocycles. The smallest absolute Gasteiger partial charge is 0.0680 e. The fraction of sp³-hybridized carbons (Fsp3) is 1.00. The Labute approximate surface area is 117 Å². The number of piperidine rings is 2. The van der Waals surface area contributed by atoms with E-state index in [0.29, 0.717) is 6.04 Å². The highest BCUT2D eigenvalue weighted by Gasteiger charge is 2.28. The number of aliphatic hydroxyl groups is 1. The summed E-state index contributed by atoms with van der Waals surface area (Å²) < 4.78 is 0. The van der Waals surface area contributed by atoms with Crippen LogP contribution in [0.2, 0.25) is 0 Å². The topological polar surface area (TPSA) is 38.7 Å². The average molecular weight is 267 g/mol. The van der Waals surface area contributed by atoms with Crippen molar-refractivity contribution in [2.75, 3.05) is 39.3 Å². The van der Waals surface area contributed by atoms with E-state index in [9.17, 15) is 5.11 Å². The number of nitrogens with one attached hydrogen (secondary N) is 1. The zero-order valence-electron chi connectivity index (χ0n) is 12.1. The van der Waals surface area contributed by atoms with Gasteiger partial charge in [-0.25, -0.2) is 0 Å². The van der Waals surface area contributed by atoms with Gasteiger partial charge in [-0.15, -0.1) is 0 Å². The van der Waals surface area contributed by atoms with E-state index in [4.69, 9.17) is 0 Å². The largest absolute Gasteiger partial charge is 0.392 e. The molecule has 4 nitrogen and oxygen atoms in total. The molecular formula is C15H29N3O. The molecule has 19 heavy (non-hydrogen) atoms. The van der Waals surface area contributed by atoms with Crippen LogP contribution in [0.5, 0.6) is 0 Å². The highest BCUT2D eigenvalue weighted by Crippen LogP contribution is 2.21. The Morgan fingerprint density at radius 2 is 1.74 bits per heavy atom. The van der Waals surface area contributed by atoms with Crippen LogP contribution in [0.1, 0.15) is 38.5 Å². The van der Waals surface area contributed by atoms with Crippen LogP contribution in [0.3, 0.4) is 0 Å². The molecule has 4 heteroatoms. The van der Waals surface area contributed by atoms with Gasteiger partial charge in [0.2, 0.25) is 0 Å². The minimum Gasteiger partial charge on any atom is -0.392 e. The van der Waals surface area contributed by atoms with Gasteiger partial charge in [-0.1, -0.05) is 6.42 Å². The van der Waals surface area contributed by atoms with E-state index in [1.807, 2.05) is 0 Å². The van der Waals surface area contributed by atoms with Gasteiger partial charge in [-0.2, -0.15) is 0 Å². The first-order valence-corrected chi connectivity index (χ1v) is 8.19. The lowest BCUT2D eigenvalue weighted by molar-refractivity contribution is 0.0882. The third kappa shape index (κ3) is 3.69. The second kappa shape index (κ2) is 6.53. The maximum atomic E-state index is 9.55. The highest BCUT2D eigenvalue weighted by atomic mass is 16.3. The molecule has 3 fully saturated rings. The van der Waals surface area contributed by atoms with Gasteiger partial charge in [-0.3, -0.25) is 0 Å². The first-order valence-electron chi connectivity index (χ1n) is 8.19. The van der Waals surface area contributed by atoms with Crippen molar-refractivity contribution in [3.63, 3.8) is 0 Å². The highest BCUT2D eigenvalue weighted by molar-refractivity contribution is 4.87. The second-order valence-electron chi connectivity index (χ2n) is 6.62. The summed E-state index contributed by atoms with van der Waals surface area (Å²) in [7, 11) is 0. The van der Waals surface area contributed by atoms with E-state index in [-0.39, 0.29) is 6.10 Å². The molecule has 0 aliphatic carbocycles. The van der Waals surface area contributed by atoms with Gasteiger partial charge in [0.1, 0.15) is 0 Å². The molecule has 3 rings (SSSR count). The monoisotopic (exact) mass is 267 g/mol. The molecule has 0 bridgehead atoms. The number of likely N-dealkylation sites (tertiary alicyclic amines) is 2. The lowest BCUT2D eigenvalue weighted by Gasteiger charge is -2.40. The molecule has 110 valence electrons. The molecule has 3 saturated heterocycles. The van der Waals surface area contributed by atoms with Crippen LogP contribution >= 0.6 is 0 Å².